The lowest BCUT2D eigenvalue weighted by Gasteiger charge is -2.41. The zero-order valence-corrected chi connectivity index (χ0v) is 36.2. The van der Waals surface area contributed by atoms with Gasteiger partial charge < -0.3 is 28.7 Å². The SMILES string of the molecule is CCCCCCCCCCCC(=O)OCC1(COC(=O)CCCCCCCCCCC)CCN(C(=O)CCCN(CCCC)CCOC2CCCCO2)CC1. The number of carbonyl (C=O) groups is 3. The largest absolute Gasteiger partial charge is 0.465 e. The molecule has 0 bridgehead atoms. The Balaban J connectivity index is 1.78. The number of unbranched alkanes of at least 4 members (excludes halogenated alkanes) is 17. The van der Waals surface area contributed by atoms with Gasteiger partial charge in [0.2, 0.25) is 5.91 Å². The van der Waals surface area contributed by atoms with Crippen molar-refractivity contribution in [3.8, 4) is 0 Å². The van der Waals surface area contributed by atoms with Crippen LogP contribution < -0.4 is 0 Å². The molecule has 55 heavy (non-hydrogen) atoms. The Morgan fingerprint density at radius 1 is 0.600 bits per heavy atom. The maximum atomic E-state index is 13.4. The Hall–Kier alpha value is -1.71. The van der Waals surface area contributed by atoms with E-state index >= 15 is 0 Å². The maximum absolute atomic E-state index is 13.4. The van der Waals surface area contributed by atoms with Gasteiger partial charge in [0.15, 0.2) is 6.29 Å². The van der Waals surface area contributed by atoms with Crippen molar-refractivity contribution < 1.29 is 33.3 Å². The Bertz CT molecular complexity index is 909. The van der Waals surface area contributed by atoms with E-state index in [9.17, 15) is 14.4 Å². The Kier molecular flexibility index (Phi) is 29.9. The minimum absolute atomic E-state index is 0.0685. The van der Waals surface area contributed by atoms with Crippen molar-refractivity contribution in [2.24, 2.45) is 5.41 Å². The molecular formula is C46H86N2O7. The van der Waals surface area contributed by atoms with Gasteiger partial charge in [0.05, 0.1) is 6.61 Å². The Morgan fingerprint density at radius 3 is 1.58 bits per heavy atom. The molecule has 2 rings (SSSR count). The van der Waals surface area contributed by atoms with Crippen LogP contribution in [0.4, 0.5) is 0 Å². The number of amides is 1. The molecule has 0 aliphatic carbocycles. The number of ether oxygens (including phenoxy) is 4. The van der Waals surface area contributed by atoms with E-state index in [0.717, 1.165) is 84.0 Å². The molecule has 0 saturated carbocycles. The summed E-state index contributed by atoms with van der Waals surface area (Å²) in [6.07, 6.45) is 30.7. The third kappa shape index (κ3) is 25.3. The lowest BCUT2D eigenvalue weighted by Crippen LogP contribution is -2.47. The molecule has 1 atom stereocenters. The molecule has 2 aliphatic rings. The van der Waals surface area contributed by atoms with Crippen molar-refractivity contribution in [3.05, 3.63) is 0 Å². The van der Waals surface area contributed by atoms with Gasteiger partial charge in [-0.05, 0) is 70.9 Å². The van der Waals surface area contributed by atoms with Gasteiger partial charge in [-0.1, -0.05) is 130 Å². The number of hydrogen-bond acceptors (Lipinski definition) is 8. The molecular weight excluding hydrogens is 693 g/mol. The van der Waals surface area contributed by atoms with Crippen LogP contribution in [0.2, 0.25) is 0 Å². The van der Waals surface area contributed by atoms with Crippen molar-refractivity contribution in [2.45, 2.75) is 213 Å². The summed E-state index contributed by atoms with van der Waals surface area (Å²) >= 11 is 0. The highest BCUT2D eigenvalue weighted by Gasteiger charge is 2.38. The molecule has 322 valence electrons. The van der Waals surface area contributed by atoms with Crippen LogP contribution in [0.15, 0.2) is 0 Å². The molecule has 0 N–H and O–H groups in total. The number of esters is 2. The first-order valence-electron chi connectivity index (χ1n) is 23.5. The van der Waals surface area contributed by atoms with Crippen LogP contribution in [0.25, 0.3) is 0 Å². The Labute approximate surface area is 338 Å². The summed E-state index contributed by atoms with van der Waals surface area (Å²) in [5.41, 5.74) is -0.446. The smallest absolute Gasteiger partial charge is 0.305 e. The topological polar surface area (TPSA) is 94.6 Å². The third-order valence-corrected chi connectivity index (χ3v) is 11.8. The second-order valence-corrected chi connectivity index (χ2v) is 16.8. The summed E-state index contributed by atoms with van der Waals surface area (Å²) in [4.78, 5) is 43.4. The minimum atomic E-state index is -0.446. The molecule has 1 unspecified atom stereocenters. The van der Waals surface area contributed by atoms with Gasteiger partial charge in [-0.2, -0.15) is 0 Å². The van der Waals surface area contributed by atoms with Gasteiger partial charge in [-0.3, -0.25) is 14.4 Å². The van der Waals surface area contributed by atoms with Crippen LogP contribution in [0, 0.1) is 5.41 Å². The highest BCUT2D eigenvalue weighted by Crippen LogP contribution is 2.33. The first-order valence-corrected chi connectivity index (χ1v) is 23.5. The lowest BCUT2D eigenvalue weighted by molar-refractivity contribution is -0.164. The summed E-state index contributed by atoms with van der Waals surface area (Å²) in [6, 6.07) is 0. The molecule has 0 spiro atoms. The molecule has 2 heterocycles. The molecule has 0 aromatic carbocycles. The van der Waals surface area contributed by atoms with Crippen LogP contribution in [0.3, 0.4) is 0 Å². The molecule has 1 amide bonds. The number of nitrogens with zero attached hydrogens (tertiary/aromatic N) is 2. The van der Waals surface area contributed by atoms with Gasteiger partial charge in [0, 0.05) is 50.9 Å². The van der Waals surface area contributed by atoms with Crippen LogP contribution in [-0.2, 0) is 33.3 Å². The van der Waals surface area contributed by atoms with Crippen LogP contribution in [-0.4, -0.2) is 93.1 Å². The van der Waals surface area contributed by atoms with Gasteiger partial charge in [-0.25, -0.2) is 0 Å². The first-order chi connectivity index (χ1) is 26.9. The second-order valence-electron chi connectivity index (χ2n) is 16.8. The quantitative estimate of drug-likeness (QED) is 0.0464. The van der Waals surface area contributed by atoms with Gasteiger partial charge in [-0.15, -0.1) is 0 Å². The lowest BCUT2D eigenvalue weighted by atomic mass is 9.79. The van der Waals surface area contributed by atoms with E-state index in [4.69, 9.17) is 18.9 Å². The van der Waals surface area contributed by atoms with Crippen LogP contribution >= 0.6 is 0 Å². The fourth-order valence-electron chi connectivity index (χ4n) is 7.82. The normalized spacial score (nSPS) is 17.1. The molecule has 2 fully saturated rings. The molecule has 2 saturated heterocycles. The number of hydrogen-bond donors (Lipinski definition) is 0. The van der Waals surface area contributed by atoms with Crippen molar-refractivity contribution in [2.75, 3.05) is 59.2 Å². The fourth-order valence-corrected chi connectivity index (χ4v) is 7.82. The molecule has 2 aliphatic heterocycles. The number of likely N-dealkylation sites (tertiary alicyclic amines) is 1. The van der Waals surface area contributed by atoms with E-state index in [2.05, 4.69) is 25.7 Å². The molecule has 0 aromatic heterocycles. The van der Waals surface area contributed by atoms with E-state index in [1.54, 1.807) is 0 Å². The van der Waals surface area contributed by atoms with Crippen molar-refractivity contribution >= 4 is 17.8 Å². The van der Waals surface area contributed by atoms with Gasteiger partial charge >= 0.3 is 11.9 Å². The highest BCUT2D eigenvalue weighted by molar-refractivity contribution is 5.76. The number of piperidine rings is 1. The van der Waals surface area contributed by atoms with Crippen molar-refractivity contribution in [1.82, 2.24) is 9.80 Å². The van der Waals surface area contributed by atoms with E-state index in [1.165, 1.54) is 96.3 Å². The summed E-state index contributed by atoms with van der Waals surface area (Å²) in [5, 5.41) is 0. The number of rotatable bonds is 35. The zero-order valence-electron chi connectivity index (χ0n) is 36.2. The standard InChI is InChI=1S/C46H86N2O7/c1-4-7-10-12-14-16-18-20-22-28-43(50)54-40-46(41-55-44(51)29-23-21-19-17-15-13-11-8-5-2)31-35-48(36-32-46)42(49)27-26-34-47(33-9-6-3)37-39-53-45-30-24-25-38-52-45/h45H,4-41H2,1-3H3. The van der Waals surface area contributed by atoms with Gasteiger partial charge in [0.1, 0.15) is 13.2 Å². The van der Waals surface area contributed by atoms with Crippen molar-refractivity contribution in [3.63, 3.8) is 0 Å². The van der Waals surface area contributed by atoms with E-state index < -0.39 is 5.41 Å². The minimum Gasteiger partial charge on any atom is -0.465 e. The van der Waals surface area contributed by atoms with E-state index in [0.29, 0.717) is 51.8 Å². The zero-order chi connectivity index (χ0) is 39.7. The second kappa shape index (κ2) is 33.3. The predicted octanol–water partition coefficient (Wildman–Crippen LogP) is 10.9. The fraction of sp³-hybridized carbons (Fsp3) is 0.935. The third-order valence-electron chi connectivity index (χ3n) is 11.8. The molecule has 0 aromatic rings. The monoisotopic (exact) mass is 779 g/mol. The average Bonchev–Trinajstić information content (AvgIpc) is 3.20. The first kappa shape index (κ1) is 49.4. The van der Waals surface area contributed by atoms with Crippen molar-refractivity contribution in [1.29, 1.82) is 0 Å². The van der Waals surface area contributed by atoms with E-state index in [-0.39, 0.29) is 37.3 Å². The molecule has 9 heteroatoms. The highest BCUT2D eigenvalue weighted by atomic mass is 16.7. The average molecular weight is 779 g/mol. The summed E-state index contributed by atoms with van der Waals surface area (Å²) in [7, 11) is 0. The number of carbonyl (C=O) groups excluding carboxylic acids is 3. The summed E-state index contributed by atoms with van der Waals surface area (Å²) in [6.45, 7) is 12.6. The maximum Gasteiger partial charge on any atom is 0.305 e. The summed E-state index contributed by atoms with van der Waals surface area (Å²) in [5.74, 6) is -0.141. The molecule has 0 radical (unpaired) electrons. The Morgan fingerprint density at radius 2 is 1.09 bits per heavy atom. The molecule has 9 nitrogen and oxygen atoms in total. The van der Waals surface area contributed by atoms with Crippen LogP contribution in [0.5, 0.6) is 0 Å². The van der Waals surface area contributed by atoms with Crippen LogP contribution in [0.1, 0.15) is 207 Å². The summed E-state index contributed by atoms with van der Waals surface area (Å²) < 4.78 is 23.5. The predicted molar refractivity (Wildman–Crippen MR) is 224 cm³/mol. The van der Waals surface area contributed by atoms with E-state index in [1.807, 2.05) is 4.90 Å². The van der Waals surface area contributed by atoms with Gasteiger partial charge in [0.25, 0.3) is 0 Å².